The summed E-state index contributed by atoms with van der Waals surface area (Å²) in [5, 5.41) is 0. The Balaban J connectivity index is 2.02. The Labute approximate surface area is 189 Å². The van der Waals surface area contributed by atoms with E-state index in [1.54, 1.807) is 10.8 Å². The van der Waals surface area contributed by atoms with E-state index in [0.29, 0.717) is 13.0 Å². The summed E-state index contributed by atoms with van der Waals surface area (Å²) in [5.74, 6) is 0. The van der Waals surface area contributed by atoms with E-state index in [4.69, 9.17) is 17.7 Å². The van der Waals surface area contributed by atoms with Gasteiger partial charge in [0.2, 0.25) is 0 Å². The quantitative estimate of drug-likeness (QED) is 0.578. The first-order valence-electron chi connectivity index (χ1n) is 11.6. The predicted molar refractivity (Wildman–Crippen MR) is 126 cm³/mol. The molecule has 176 valence electrons. The maximum atomic E-state index is 12.4. The molecule has 3 rings (SSSR count). The van der Waals surface area contributed by atoms with Crippen LogP contribution in [0.3, 0.4) is 0 Å². The lowest BCUT2D eigenvalue weighted by Crippen LogP contribution is -2.65. The van der Waals surface area contributed by atoms with Gasteiger partial charge in [-0.25, -0.2) is 9.78 Å². The molecule has 3 atom stereocenters. The molecular weight excluding hydrogens is 428 g/mol. The van der Waals surface area contributed by atoms with Crippen molar-refractivity contribution in [3.63, 3.8) is 0 Å². The highest BCUT2D eigenvalue weighted by Crippen LogP contribution is 2.48. The molecule has 2 fully saturated rings. The van der Waals surface area contributed by atoms with Crippen molar-refractivity contribution >= 4 is 17.1 Å². The van der Waals surface area contributed by atoms with Crippen LogP contribution in [0.4, 0.5) is 0 Å². The maximum Gasteiger partial charge on any atom is 0.349 e. The summed E-state index contributed by atoms with van der Waals surface area (Å²) in [4.78, 5) is 16.4. The lowest BCUT2D eigenvalue weighted by Gasteiger charge is -2.51. The van der Waals surface area contributed by atoms with E-state index in [2.05, 4.69) is 60.4 Å². The van der Waals surface area contributed by atoms with Gasteiger partial charge in [0.15, 0.2) is 0 Å². The standard InChI is InChI=1S/C22H40N2O5Si2/c1-14(2)30(15(3)4)26-13-20-19(28-31(29-30,16(5)6)17(7)8)10-21(27-20)24-12-18(9)11-23-22(24)25/h11-12,14-17,19-21H,10,13H2,1-9H3/t19-,20+,21+/m0/s1. The molecule has 1 aromatic rings. The van der Waals surface area contributed by atoms with Crippen LogP contribution >= 0.6 is 0 Å². The second-order valence-electron chi connectivity index (χ2n) is 10.3. The van der Waals surface area contributed by atoms with E-state index in [1.165, 1.54) is 0 Å². The summed E-state index contributed by atoms with van der Waals surface area (Å²) in [7, 11) is -5.25. The lowest BCUT2D eigenvalue weighted by molar-refractivity contribution is -0.0566. The van der Waals surface area contributed by atoms with Gasteiger partial charge in [-0.1, -0.05) is 55.4 Å². The molecule has 9 heteroatoms. The molecule has 2 saturated heterocycles. The molecule has 2 aliphatic heterocycles. The maximum absolute atomic E-state index is 12.4. The zero-order chi connectivity index (χ0) is 23.1. The number of hydrogen-bond acceptors (Lipinski definition) is 6. The van der Waals surface area contributed by atoms with Crippen LogP contribution < -0.4 is 5.69 Å². The molecule has 0 aliphatic carbocycles. The van der Waals surface area contributed by atoms with Crippen molar-refractivity contribution in [2.75, 3.05) is 6.61 Å². The average Bonchev–Trinajstić information content (AvgIpc) is 3.04. The molecule has 0 N–H and O–H groups in total. The van der Waals surface area contributed by atoms with Gasteiger partial charge in [0.05, 0.1) is 12.7 Å². The van der Waals surface area contributed by atoms with Gasteiger partial charge in [0.1, 0.15) is 12.3 Å². The third-order valence-corrected chi connectivity index (χ3v) is 17.1. The van der Waals surface area contributed by atoms with Crippen molar-refractivity contribution in [2.24, 2.45) is 0 Å². The van der Waals surface area contributed by atoms with Crippen LogP contribution in [0.1, 0.15) is 73.6 Å². The first-order valence-corrected chi connectivity index (χ1v) is 15.6. The molecule has 0 radical (unpaired) electrons. The van der Waals surface area contributed by atoms with E-state index >= 15 is 0 Å². The van der Waals surface area contributed by atoms with Crippen LogP contribution in [0, 0.1) is 6.92 Å². The fourth-order valence-corrected chi connectivity index (χ4v) is 16.3. The largest absolute Gasteiger partial charge is 0.414 e. The van der Waals surface area contributed by atoms with Gasteiger partial charge in [0.25, 0.3) is 0 Å². The first-order chi connectivity index (χ1) is 14.4. The van der Waals surface area contributed by atoms with E-state index in [9.17, 15) is 4.79 Å². The molecule has 31 heavy (non-hydrogen) atoms. The summed E-state index contributed by atoms with van der Waals surface area (Å²) < 4.78 is 28.9. The van der Waals surface area contributed by atoms with Crippen molar-refractivity contribution in [3.8, 4) is 0 Å². The fraction of sp³-hybridized carbons (Fsp3) is 0.818. The zero-order valence-electron chi connectivity index (χ0n) is 20.5. The third kappa shape index (κ3) is 4.49. The fourth-order valence-electron chi connectivity index (χ4n) is 5.05. The Hall–Kier alpha value is -0.846. The summed E-state index contributed by atoms with van der Waals surface area (Å²) in [6.07, 6.45) is 3.19. The Morgan fingerprint density at radius 2 is 1.55 bits per heavy atom. The van der Waals surface area contributed by atoms with E-state index < -0.39 is 23.3 Å². The minimum atomic E-state index is -2.67. The summed E-state index contributed by atoms with van der Waals surface area (Å²) in [5.41, 5.74) is 1.73. The van der Waals surface area contributed by atoms with Gasteiger partial charge >= 0.3 is 22.8 Å². The molecule has 0 amide bonds. The Morgan fingerprint density at radius 1 is 0.968 bits per heavy atom. The zero-order valence-corrected chi connectivity index (χ0v) is 22.5. The minimum Gasteiger partial charge on any atom is -0.414 e. The Morgan fingerprint density at radius 3 is 2.10 bits per heavy atom. The number of rotatable bonds is 5. The topological polar surface area (TPSA) is 71.8 Å². The van der Waals surface area contributed by atoms with E-state index in [0.717, 1.165) is 5.56 Å². The Bertz CT molecular complexity index is 810. The molecule has 0 saturated carbocycles. The molecular formula is C22H40N2O5Si2. The van der Waals surface area contributed by atoms with Crippen LogP contribution in [0.2, 0.25) is 22.2 Å². The first kappa shape index (κ1) is 24.8. The van der Waals surface area contributed by atoms with E-state index in [1.807, 2.05) is 13.1 Å². The van der Waals surface area contributed by atoms with E-state index in [-0.39, 0.29) is 40.1 Å². The van der Waals surface area contributed by atoms with Gasteiger partial charge in [-0.2, -0.15) is 0 Å². The van der Waals surface area contributed by atoms with Crippen molar-refractivity contribution in [1.29, 1.82) is 0 Å². The average molecular weight is 469 g/mol. The number of aromatic nitrogens is 2. The lowest BCUT2D eigenvalue weighted by atomic mass is 10.2. The van der Waals surface area contributed by atoms with Crippen molar-refractivity contribution in [1.82, 2.24) is 9.55 Å². The second kappa shape index (κ2) is 9.19. The highest BCUT2D eigenvalue weighted by Gasteiger charge is 2.60. The SMILES string of the molecule is Cc1cnc(=O)n([C@H]2C[C@@H]3O[Si](C(C)C)(C(C)C)O[Si](C(C)C)(C(C)C)OC[C@H]3O2)c1. The van der Waals surface area contributed by atoms with Crippen molar-refractivity contribution in [3.05, 3.63) is 28.4 Å². The summed E-state index contributed by atoms with van der Waals surface area (Å²) >= 11 is 0. The molecule has 0 spiro atoms. The molecule has 1 aromatic heterocycles. The smallest absolute Gasteiger partial charge is 0.349 e. The number of aryl methyl sites for hydroxylation is 1. The predicted octanol–water partition coefficient (Wildman–Crippen LogP) is 4.80. The monoisotopic (exact) mass is 468 g/mol. The van der Waals surface area contributed by atoms with Crippen LogP contribution in [-0.4, -0.2) is 45.5 Å². The van der Waals surface area contributed by atoms with Crippen LogP contribution in [0.15, 0.2) is 17.2 Å². The van der Waals surface area contributed by atoms with Crippen LogP contribution in [-0.2, 0) is 17.7 Å². The normalized spacial score (nSPS) is 28.2. The molecule has 0 aromatic carbocycles. The van der Waals surface area contributed by atoms with Gasteiger partial charge in [0, 0.05) is 18.8 Å². The van der Waals surface area contributed by atoms with Crippen LogP contribution in [0.25, 0.3) is 0 Å². The van der Waals surface area contributed by atoms with Gasteiger partial charge in [-0.15, -0.1) is 0 Å². The molecule has 3 heterocycles. The second-order valence-corrected chi connectivity index (χ2v) is 19.2. The van der Waals surface area contributed by atoms with Gasteiger partial charge in [-0.3, -0.25) is 4.57 Å². The highest BCUT2D eigenvalue weighted by molar-refractivity contribution is 6.83. The molecule has 7 nitrogen and oxygen atoms in total. The number of ether oxygens (including phenoxy) is 1. The molecule has 0 unspecified atom stereocenters. The molecule has 0 bridgehead atoms. The number of hydrogen-bond donors (Lipinski definition) is 0. The summed E-state index contributed by atoms with van der Waals surface area (Å²) in [6, 6.07) is 0. The van der Waals surface area contributed by atoms with Gasteiger partial charge in [-0.05, 0) is 34.7 Å². The van der Waals surface area contributed by atoms with Gasteiger partial charge < -0.3 is 17.7 Å². The number of nitrogens with zero attached hydrogens (tertiary/aromatic N) is 2. The Kier molecular flexibility index (Phi) is 7.35. The van der Waals surface area contributed by atoms with Crippen molar-refractivity contribution in [2.45, 2.75) is 109 Å². The minimum absolute atomic E-state index is 0.166. The highest BCUT2D eigenvalue weighted by atomic mass is 28.5. The summed E-state index contributed by atoms with van der Waals surface area (Å²) in [6.45, 7) is 20.0. The third-order valence-electron chi connectivity index (χ3n) is 6.78. The molecule has 2 aliphatic rings. The van der Waals surface area contributed by atoms with Crippen LogP contribution in [0.5, 0.6) is 0 Å². The number of fused-ring (bicyclic) bond motifs is 1. The van der Waals surface area contributed by atoms with Crippen molar-refractivity contribution < 1.29 is 17.7 Å².